The predicted octanol–water partition coefficient (Wildman–Crippen LogP) is 2.84. The maximum atomic E-state index is 12.6. The maximum absolute atomic E-state index is 12.6. The van der Waals surface area contributed by atoms with E-state index in [1.54, 1.807) is 15.9 Å². The molecule has 3 aromatic heterocycles. The summed E-state index contributed by atoms with van der Waals surface area (Å²) in [5, 5.41) is 8.51. The molecule has 1 atom stereocenters. The minimum absolute atomic E-state index is 0.221. The highest BCUT2D eigenvalue weighted by Gasteiger charge is 2.25. The van der Waals surface area contributed by atoms with Crippen LogP contribution in [0.4, 0.5) is 0 Å². The standard InChI is InChI=1S/C20H28N6OS/c1-5-25(6-2)10-9-21-19(27)17-23-18-16-14-11-12(3)7-8-15(14)28-20(16)22-13(4)26(18)24-17/h12H,5-11H2,1-4H3,(H,21,27). The van der Waals surface area contributed by atoms with Crippen molar-refractivity contribution >= 4 is 33.1 Å². The molecule has 0 bridgehead atoms. The van der Waals surface area contributed by atoms with Crippen LogP contribution in [0.25, 0.3) is 15.9 Å². The molecule has 3 aromatic rings. The van der Waals surface area contributed by atoms with Gasteiger partial charge in [-0.25, -0.2) is 9.97 Å². The highest BCUT2D eigenvalue weighted by atomic mass is 32.1. The number of hydrogen-bond donors (Lipinski definition) is 1. The van der Waals surface area contributed by atoms with Crippen molar-refractivity contribution in [3.05, 3.63) is 22.1 Å². The first-order chi connectivity index (χ1) is 13.5. The Labute approximate surface area is 169 Å². The number of aryl methyl sites for hydroxylation is 2. The van der Waals surface area contributed by atoms with Gasteiger partial charge >= 0.3 is 0 Å². The highest BCUT2D eigenvalue weighted by Crippen LogP contribution is 2.38. The van der Waals surface area contributed by atoms with Gasteiger partial charge in [0.25, 0.3) is 5.91 Å². The van der Waals surface area contributed by atoms with Gasteiger partial charge in [-0.1, -0.05) is 20.8 Å². The molecule has 1 N–H and O–H groups in total. The molecule has 28 heavy (non-hydrogen) atoms. The molecule has 1 aliphatic carbocycles. The van der Waals surface area contributed by atoms with Crippen molar-refractivity contribution in [3.8, 4) is 0 Å². The molecular formula is C20H28N6OS. The molecule has 0 saturated carbocycles. The third-order valence-corrected chi connectivity index (χ3v) is 6.89. The Morgan fingerprint density at radius 2 is 2.11 bits per heavy atom. The molecular weight excluding hydrogens is 372 g/mol. The number of nitrogens with one attached hydrogen (secondary N) is 1. The summed E-state index contributed by atoms with van der Waals surface area (Å²) in [5.41, 5.74) is 2.13. The summed E-state index contributed by atoms with van der Waals surface area (Å²) in [5.74, 6) is 1.43. The Morgan fingerprint density at radius 3 is 2.86 bits per heavy atom. The highest BCUT2D eigenvalue weighted by molar-refractivity contribution is 7.19. The van der Waals surface area contributed by atoms with Crippen LogP contribution in [0.1, 0.15) is 54.1 Å². The molecule has 1 unspecified atom stereocenters. The molecule has 8 heteroatoms. The van der Waals surface area contributed by atoms with Crippen LogP contribution in [-0.2, 0) is 12.8 Å². The molecule has 1 aliphatic rings. The first kappa shape index (κ1) is 19.3. The number of carbonyl (C=O) groups excluding carboxylic acids is 1. The number of amides is 1. The molecule has 0 saturated heterocycles. The Bertz CT molecular complexity index is 1020. The number of hydrogen-bond acceptors (Lipinski definition) is 6. The van der Waals surface area contributed by atoms with E-state index in [1.807, 2.05) is 6.92 Å². The van der Waals surface area contributed by atoms with Crippen molar-refractivity contribution in [1.29, 1.82) is 0 Å². The van der Waals surface area contributed by atoms with E-state index in [-0.39, 0.29) is 11.7 Å². The number of likely N-dealkylation sites (N-methyl/N-ethyl adjacent to an activating group) is 1. The van der Waals surface area contributed by atoms with Gasteiger partial charge in [-0.15, -0.1) is 16.4 Å². The van der Waals surface area contributed by atoms with E-state index in [9.17, 15) is 4.79 Å². The fraction of sp³-hybridized carbons (Fsp3) is 0.600. The van der Waals surface area contributed by atoms with Crippen molar-refractivity contribution in [3.63, 3.8) is 0 Å². The summed E-state index contributed by atoms with van der Waals surface area (Å²) >= 11 is 1.77. The number of thiophene rings is 1. The lowest BCUT2D eigenvalue weighted by molar-refractivity contribution is 0.0939. The summed E-state index contributed by atoms with van der Waals surface area (Å²) in [6, 6.07) is 0. The fourth-order valence-electron chi connectivity index (χ4n) is 3.99. The number of nitrogens with zero attached hydrogens (tertiary/aromatic N) is 5. The molecule has 0 spiro atoms. The van der Waals surface area contributed by atoms with E-state index in [0.717, 1.165) is 54.2 Å². The summed E-state index contributed by atoms with van der Waals surface area (Å²) in [7, 11) is 0. The van der Waals surface area contributed by atoms with Gasteiger partial charge in [-0.05, 0) is 50.8 Å². The van der Waals surface area contributed by atoms with Gasteiger partial charge in [0.05, 0.1) is 5.39 Å². The van der Waals surface area contributed by atoms with E-state index in [4.69, 9.17) is 4.98 Å². The second-order valence-corrected chi connectivity index (χ2v) is 8.73. The van der Waals surface area contributed by atoms with Crippen LogP contribution in [-0.4, -0.2) is 56.6 Å². The van der Waals surface area contributed by atoms with E-state index in [1.165, 1.54) is 16.9 Å². The van der Waals surface area contributed by atoms with Crippen LogP contribution < -0.4 is 5.32 Å². The topological polar surface area (TPSA) is 75.4 Å². The summed E-state index contributed by atoms with van der Waals surface area (Å²) < 4.78 is 1.73. The minimum Gasteiger partial charge on any atom is -0.348 e. The number of carbonyl (C=O) groups is 1. The average molecular weight is 401 g/mol. The lowest BCUT2D eigenvalue weighted by Gasteiger charge is -2.17. The Balaban J connectivity index is 1.66. The van der Waals surface area contributed by atoms with Crippen LogP contribution in [0.3, 0.4) is 0 Å². The quantitative estimate of drug-likeness (QED) is 0.689. The van der Waals surface area contributed by atoms with Crippen LogP contribution in [0, 0.1) is 12.8 Å². The lowest BCUT2D eigenvalue weighted by Crippen LogP contribution is -2.35. The van der Waals surface area contributed by atoms with Gasteiger partial charge in [0, 0.05) is 18.0 Å². The monoisotopic (exact) mass is 400 g/mol. The van der Waals surface area contributed by atoms with Crippen LogP contribution in [0.5, 0.6) is 0 Å². The van der Waals surface area contributed by atoms with Crippen molar-refractivity contribution in [2.45, 2.75) is 47.0 Å². The van der Waals surface area contributed by atoms with Crippen LogP contribution in [0.15, 0.2) is 0 Å². The Kier molecular flexibility index (Phi) is 5.33. The number of aromatic nitrogens is 4. The Morgan fingerprint density at radius 1 is 1.32 bits per heavy atom. The van der Waals surface area contributed by atoms with Gasteiger partial charge in [0.2, 0.25) is 5.82 Å². The SMILES string of the molecule is CCN(CC)CCNC(=O)c1nc2c3c4c(sc3nc(C)n2n1)CCC(C)C4. The largest absolute Gasteiger partial charge is 0.348 e. The second kappa shape index (κ2) is 7.75. The first-order valence-electron chi connectivity index (χ1n) is 10.2. The van der Waals surface area contributed by atoms with E-state index < -0.39 is 0 Å². The van der Waals surface area contributed by atoms with Gasteiger partial charge in [-0.2, -0.15) is 4.52 Å². The van der Waals surface area contributed by atoms with Crippen molar-refractivity contribution in [1.82, 2.24) is 29.8 Å². The lowest BCUT2D eigenvalue weighted by atomic mass is 9.89. The normalized spacial score (nSPS) is 16.8. The molecule has 7 nitrogen and oxygen atoms in total. The smallest absolute Gasteiger partial charge is 0.291 e. The third-order valence-electron chi connectivity index (χ3n) is 5.70. The van der Waals surface area contributed by atoms with Crippen LogP contribution >= 0.6 is 11.3 Å². The molecule has 0 fully saturated rings. The Hall–Kier alpha value is -2.06. The van der Waals surface area contributed by atoms with E-state index in [0.29, 0.717) is 12.5 Å². The van der Waals surface area contributed by atoms with Crippen LogP contribution in [0.2, 0.25) is 0 Å². The summed E-state index contributed by atoms with van der Waals surface area (Å²) in [6.07, 6.45) is 3.38. The molecule has 150 valence electrons. The fourth-order valence-corrected chi connectivity index (χ4v) is 5.25. The van der Waals surface area contributed by atoms with Gasteiger partial charge in [0.1, 0.15) is 10.7 Å². The minimum atomic E-state index is -0.221. The molecule has 3 heterocycles. The van der Waals surface area contributed by atoms with Gasteiger partial charge in [-0.3, -0.25) is 4.79 Å². The first-order valence-corrected chi connectivity index (χ1v) is 11.0. The third kappa shape index (κ3) is 3.39. The zero-order valence-corrected chi connectivity index (χ0v) is 17.9. The molecule has 1 amide bonds. The number of fused-ring (bicyclic) bond motifs is 5. The molecule has 0 radical (unpaired) electrons. The van der Waals surface area contributed by atoms with Crippen molar-refractivity contribution < 1.29 is 4.79 Å². The van der Waals surface area contributed by atoms with Gasteiger partial charge < -0.3 is 10.2 Å². The summed E-state index contributed by atoms with van der Waals surface area (Å²) in [6.45, 7) is 11.8. The van der Waals surface area contributed by atoms with E-state index >= 15 is 0 Å². The van der Waals surface area contributed by atoms with Crippen molar-refractivity contribution in [2.24, 2.45) is 5.92 Å². The maximum Gasteiger partial charge on any atom is 0.291 e. The number of rotatable bonds is 6. The molecule has 4 rings (SSSR count). The zero-order valence-electron chi connectivity index (χ0n) is 17.1. The van der Waals surface area contributed by atoms with Crippen molar-refractivity contribution in [2.75, 3.05) is 26.2 Å². The second-order valence-electron chi connectivity index (χ2n) is 7.64. The van der Waals surface area contributed by atoms with E-state index in [2.05, 4.69) is 41.1 Å². The molecule has 0 aliphatic heterocycles. The van der Waals surface area contributed by atoms with Gasteiger partial charge in [0.15, 0.2) is 5.65 Å². The average Bonchev–Trinajstić information content (AvgIpc) is 3.26. The zero-order chi connectivity index (χ0) is 19.8. The summed E-state index contributed by atoms with van der Waals surface area (Å²) in [4.78, 5) is 26.7. The molecule has 0 aromatic carbocycles. The predicted molar refractivity (Wildman–Crippen MR) is 112 cm³/mol.